The first-order chi connectivity index (χ1) is 12.4. The van der Waals surface area contributed by atoms with E-state index in [1.165, 1.54) is 6.20 Å². The summed E-state index contributed by atoms with van der Waals surface area (Å²) in [6.45, 7) is 1.82. The number of aliphatic hydroxyl groups is 1. The highest BCUT2D eigenvalue weighted by Crippen LogP contribution is 2.35. The molecule has 0 spiro atoms. The van der Waals surface area contributed by atoms with Gasteiger partial charge in [-0.15, -0.1) is 0 Å². The second-order valence-electron chi connectivity index (χ2n) is 7.14. The van der Waals surface area contributed by atoms with Crippen LogP contribution in [0.2, 0.25) is 0 Å². The summed E-state index contributed by atoms with van der Waals surface area (Å²) in [5.74, 6) is -0.552. The number of amides is 1. The minimum Gasteiger partial charge on any atom is -0.388 e. The third kappa shape index (κ3) is 2.62. The van der Waals surface area contributed by atoms with Crippen molar-refractivity contribution >= 4 is 17.1 Å². The lowest BCUT2D eigenvalue weighted by molar-refractivity contribution is 0.0578. The molecule has 0 unspecified atom stereocenters. The van der Waals surface area contributed by atoms with Crippen molar-refractivity contribution < 1.29 is 9.90 Å². The quantitative estimate of drug-likeness (QED) is 0.658. The van der Waals surface area contributed by atoms with Gasteiger partial charge in [0.05, 0.1) is 40.3 Å². The number of nitrogens with one attached hydrogen (secondary N) is 1. The standard InChI is InChI=1S/C18H22N6O2/c1-18(26)6-3-4-15(18)22-16-12(17(19)25)9-21-24-10-11(8-14(16)24)13-5-7-20-23(13)2/h5,7-10,15,22,26H,3-4,6H2,1-2H3,(H2,19,25)/t15-,18-/m1/s1. The third-order valence-electron chi connectivity index (χ3n) is 5.26. The Balaban J connectivity index is 1.85. The minimum absolute atomic E-state index is 0.151. The van der Waals surface area contributed by atoms with Gasteiger partial charge in [-0.05, 0) is 38.3 Å². The molecule has 8 nitrogen and oxygen atoms in total. The largest absolute Gasteiger partial charge is 0.388 e. The molecule has 4 N–H and O–H groups in total. The second-order valence-corrected chi connectivity index (χ2v) is 7.14. The van der Waals surface area contributed by atoms with Gasteiger partial charge >= 0.3 is 0 Å². The molecule has 3 aromatic heterocycles. The van der Waals surface area contributed by atoms with Crippen molar-refractivity contribution in [3.05, 3.63) is 36.3 Å². The molecule has 1 aliphatic carbocycles. The molecule has 1 amide bonds. The molecule has 4 rings (SSSR count). The molecule has 8 heteroatoms. The summed E-state index contributed by atoms with van der Waals surface area (Å²) in [4.78, 5) is 11.9. The molecule has 0 saturated heterocycles. The monoisotopic (exact) mass is 354 g/mol. The predicted molar refractivity (Wildman–Crippen MR) is 97.8 cm³/mol. The molecule has 0 radical (unpaired) electrons. The smallest absolute Gasteiger partial charge is 0.252 e. The molecule has 0 aliphatic heterocycles. The van der Waals surface area contributed by atoms with Crippen LogP contribution in [-0.2, 0) is 7.05 Å². The average Bonchev–Trinajstić information content (AvgIpc) is 3.26. The predicted octanol–water partition coefficient (Wildman–Crippen LogP) is 1.55. The van der Waals surface area contributed by atoms with Crippen LogP contribution in [0.1, 0.15) is 36.5 Å². The number of aryl methyl sites for hydroxylation is 1. The van der Waals surface area contributed by atoms with E-state index in [-0.39, 0.29) is 6.04 Å². The number of fused-ring (bicyclic) bond motifs is 1. The highest BCUT2D eigenvalue weighted by molar-refractivity contribution is 6.02. The Hall–Kier alpha value is -2.87. The first-order valence-electron chi connectivity index (χ1n) is 8.65. The summed E-state index contributed by atoms with van der Waals surface area (Å²) >= 11 is 0. The van der Waals surface area contributed by atoms with Gasteiger partial charge in [0.2, 0.25) is 0 Å². The third-order valence-corrected chi connectivity index (χ3v) is 5.26. The fourth-order valence-corrected chi connectivity index (χ4v) is 3.74. The molecule has 1 aliphatic rings. The summed E-state index contributed by atoms with van der Waals surface area (Å²) in [5.41, 5.74) is 8.27. The lowest BCUT2D eigenvalue weighted by Gasteiger charge is -2.28. The van der Waals surface area contributed by atoms with Crippen molar-refractivity contribution in [3.8, 4) is 11.3 Å². The zero-order chi connectivity index (χ0) is 18.5. The van der Waals surface area contributed by atoms with E-state index in [1.807, 2.05) is 32.3 Å². The zero-order valence-corrected chi connectivity index (χ0v) is 14.8. The SMILES string of the molecule is Cn1nccc1-c1cc2c(N[C@@H]3CCC[C@@]3(C)O)c(C(N)=O)cnn2c1. The normalized spacial score (nSPS) is 22.8. The molecule has 0 aromatic carbocycles. The van der Waals surface area contributed by atoms with Crippen LogP contribution in [0, 0.1) is 0 Å². The molecular formula is C18H22N6O2. The lowest BCUT2D eigenvalue weighted by atomic mass is 10.00. The van der Waals surface area contributed by atoms with E-state index >= 15 is 0 Å². The van der Waals surface area contributed by atoms with Gasteiger partial charge in [-0.25, -0.2) is 4.52 Å². The van der Waals surface area contributed by atoms with Gasteiger partial charge in [-0.1, -0.05) is 0 Å². The molecule has 1 saturated carbocycles. The van der Waals surface area contributed by atoms with Gasteiger partial charge in [0.25, 0.3) is 5.91 Å². The molecule has 136 valence electrons. The van der Waals surface area contributed by atoms with Crippen LogP contribution in [0.25, 0.3) is 16.8 Å². The first kappa shape index (κ1) is 16.6. The molecular weight excluding hydrogens is 332 g/mol. The molecule has 3 heterocycles. The van der Waals surface area contributed by atoms with E-state index in [9.17, 15) is 9.90 Å². The summed E-state index contributed by atoms with van der Waals surface area (Å²) in [6.07, 6.45) is 7.56. The number of nitrogens with two attached hydrogens (primary N) is 1. The van der Waals surface area contributed by atoms with E-state index in [1.54, 1.807) is 15.4 Å². The Labute approximate surface area is 150 Å². The summed E-state index contributed by atoms with van der Waals surface area (Å²) in [6, 6.07) is 3.71. The van der Waals surface area contributed by atoms with Crippen LogP contribution in [0.3, 0.4) is 0 Å². The van der Waals surface area contributed by atoms with Gasteiger partial charge in [0.1, 0.15) is 0 Å². The van der Waals surface area contributed by atoms with Gasteiger partial charge in [-0.3, -0.25) is 9.48 Å². The number of carbonyl (C=O) groups is 1. The van der Waals surface area contributed by atoms with Crippen LogP contribution in [-0.4, -0.2) is 42.1 Å². The van der Waals surface area contributed by atoms with E-state index < -0.39 is 11.5 Å². The number of aromatic nitrogens is 4. The Morgan fingerprint density at radius 1 is 1.46 bits per heavy atom. The number of carbonyl (C=O) groups excluding carboxylic acids is 1. The maximum Gasteiger partial charge on any atom is 0.252 e. The van der Waals surface area contributed by atoms with Crippen molar-refractivity contribution in [1.29, 1.82) is 0 Å². The molecule has 0 bridgehead atoms. The van der Waals surface area contributed by atoms with E-state index in [4.69, 9.17) is 5.73 Å². The fourth-order valence-electron chi connectivity index (χ4n) is 3.74. The van der Waals surface area contributed by atoms with Crippen molar-refractivity contribution in [2.45, 2.75) is 37.8 Å². The maximum absolute atomic E-state index is 11.9. The van der Waals surface area contributed by atoms with E-state index in [0.717, 1.165) is 36.0 Å². The topological polar surface area (TPSA) is 110 Å². The highest BCUT2D eigenvalue weighted by Gasteiger charge is 2.37. The number of primary amides is 1. The Morgan fingerprint density at radius 2 is 2.27 bits per heavy atom. The molecule has 1 fully saturated rings. The van der Waals surface area contributed by atoms with Gasteiger partial charge in [0, 0.05) is 25.0 Å². The highest BCUT2D eigenvalue weighted by atomic mass is 16.3. The Morgan fingerprint density at radius 3 is 2.88 bits per heavy atom. The number of hydrogen-bond acceptors (Lipinski definition) is 5. The summed E-state index contributed by atoms with van der Waals surface area (Å²) in [7, 11) is 1.87. The van der Waals surface area contributed by atoms with Crippen molar-refractivity contribution in [2.75, 3.05) is 5.32 Å². The zero-order valence-electron chi connectivity index (χ0n) is 14.8. The van der Waals surface area contributed by atoms with E-state index in [2.05, 4.69) is 15.5 Å². The average molecular weight is 354 g/mol. The fraction of sp³-hybridized carbons (Fsp3) is 0.389. The lowest BCUT2D eigenvalue weighted by Crippen LogP contribution is -2.40. The van der Waals surface area contributed by atoms with Crippen LogP contribution in [0.15, 0.2) is 30.7 Å². The summed E-state index contributed by atoms with van der Waals surface area (Å²) < 4.78 is 3.49. The van der Waals surface area contributed by atoms with E-state index in [0.29, 0.717) is 11.3 Å². The van der Waals surface area contributed by atoms with Gasteiger partial charge in [0.15, 0.2) is 0 Å². The van der Waals surface area contributed by atoms with Crippen molar-refractivity contribution in [2.24, 2.45) is 12.8 Å². The number of anilines is 1. The molecule has 3 aromatic rings. The van der Waals surface area contributed by atoms with Gasteiger partial charge in [-0.2, -0.15) is 10.2 Å². The molecule has 26 heavy (non-hydrogen) atoms. The summed E-state index contributed by atoms with van der Waals surface area (Å²) in [5, 5.41) is 22.5. The molecule has 2 atom stereocenters. The first-order valence-corrected chi connectivity index (χ1v) is 8.65. The number of rotatable bonds is 4. The maximum atomic E-state index is 11.9. The van der Waals surface area contributed by atoms with Crippen LogP contribution < -0.4 is 11.1 Å². The van der Waals surface area contributed by atoms with Gasteiger partial charge < -0.3 is 16.2 Å². The Bertz CT molecular complexity index is 987. The number of nitrogens with zero attached hydrogens (tertiary/aromatic N) is 4. The van der Waals surface area contributed by atoms with Crippen molar-refractivity contribution in [3.63, 3.8) is 0 Å². The second kappa shape index (κ2) is 5.84. The number of hydrogen-bond donors (Lipinski definition) is 3. The Kier molecular flexibility index (Phi) is 3.73. The van der Waals surface area contributed by atoms with Crippen LogP contribution in [0.5, 0.6) is 0 Å². The van der Waals surface area contributed by atoms with Crippen molar-refractivity contribution in [1.82, 2.24) is 19.4 Å². The minimum atomic E-state index is -0.827. The van der Waals surface area contributed by atoms with Crippen LogP contribution in [0.4, 0.5) is 5.69 Å². The van der Waals surface area contributed by atoms with Crippen LogP contribution >= 0.6 is 0 Å².